The number of hydrogen-bond acceptors (Lipinski definition) is 5. The Morgan fingerprint density at radius 1 is 1.03 bits per heavy atom. The van der Waals surface area contributed by atoms with E-state index in [9.17, 15) is 13.5 Å². The smallest absolute Gasteiger partial charge is 0.240 e. The molecule has 1 saturated heterocycles. The molecule has 0 saturated carbocycles. The second-order valence-electron chi connectivity index (χ2n) is 9.30. The summed E-state index contributed by atoms with van der Waals surface area (Å²) in [7, 11) is -2.11. The van der Waals surface area contributed by atoms with Crippen molar-refractivity contribution >= 4 is 26.5 Å². The molecule has 1 aliphatic rings. The predicted molar refractivity (Wildman–Crippen MR) is 133 cm³/mol. The first-order valence-corrected chi connectivity index (χ1v) is 12.8. The van der Waals surface area contributed by atoms with Gasteiger partial charge in [-0.3, -0.25) is 0 Å². The van der Waals surface area contributed by atoms with E-state index in [1.165, 1.54) is 6.42 Å². The van der Waals surface area contributed by atoms with Gasteiger partial charge in [0.1, 0.15) is 11.5 Å². The van der Waals surface area contributed by atoms with Gasteiger partial charge < -0.3 is 14.7 Å². The summed E-state index contributed by atoms with van der Waals surface area (Å²) in [4.78, 5) is 2.44. The second kappa shape index (κ2) is 9.23. The molecule has 0 aliphatic carbocycles. The van der Waals surface area contributed by atoms with Gasteiger partial charge in [0.25, 0.3) is 0 Å². The monoisotopic (exact) mass is 468 g/mol. The van der Waals surface area contributed by atoms with Gasteiger partial charge in [0.05, 0.1) is 17.7 Å². The van der Waals surface area contributed by atoms with Gasteiger partial charge in [0, 0.05) is 25.0 Å². The molecule has 3 aromatic carbocycles. The summed E-state index contributed by atoms with van der Waals surface area (Å²) in [6.07, 6.45) is 3.38. The molecule has 2 N–H and O–H groups in total. The van der Waals surface area contributed by atoms with E-state index >= 15 is 0 Å². The first kappa shape index (κ1) is 23.4. The van der Waals surface area contributed by atoms with E-state index in [2.05, 4.69) is 9.62 Å². The summed E-state index contributed by atoms with van der Waals surface area (Å²) in [6.45, 7) is 6.07. The van der Waals surface area contributed by atoms with Gasteiger partial charge in [0.2, 0.25) is 10.0 Å². The molecular formula is C26H32N2O4S. The molecule has 0 radical (unpaired) electrons. The van der Waals surface area contributed by atoms with E-state index in [0.717, 1.165) is 48.0 Å². The Morgan fingerprint density at radius 3 is 2.52 bits per heavy atom. The van der Waals surface area contributed by atoms with Gasteiger partial charge in [-0.05, 0) is 65.9 Å². The molecule has 0 spiro atoms. The number of rotatable bonds is 7. The first-order chi connectivity index (χ1) is 15.7. The third-order valence-electron chi connectivity index (χ3n) is 6.45. The minimum absolute atomic E-state index is 0.210. The molecule has 6 nitrogen and oxygen atoms in total. The van der Waals surface area contributed by atoms with Crippen LogP contribution >= 0.6 is 0 Å². The quantitative estimate of drug-likeness (QED) is 0.521. The molecule has 176 valence electrons. The Kier molecular flexibility index (Phi) is 6.54. The highest BCUT2D eigenvalue weighted by Gasteiger charge is 2.27. The van der Waals surface area contributed by atoms with Crippen LogP contribution in [0.25, 0.3) is 10.8 Å². The molecule has 3 aromatic rings. The highest BCUT2D eigenvalue weighted by atomic mass is 32.2. The number of nitrogens with one attached hydrogen (secondary N) is 1. The van der Waals surface area contributed by atoms with Gasteiger partial charge in [-0.2, -0.15) is 0 Å². The van der Waals surface area contributed by atoms with Crippen molar-refractivity contribution in [2.24, 2.45) is 0 Å². The number of anilines is 1. The fourth-order valence-corrected chi connectivity index (χ4v) is 5.77. The Labute approximate surface area is 196 Å². The summed E-state index contributed by atoms with van der Waals surface area (Å²) in [5, 5.41) is 11.7. The fraction of sp³-hybridized carbons (Fsp3) is 0.385. The number of fused-ring (bicyclic) bond motifs is 1. The number of nitrogens with zero attached hydrogens (tertiary/aromatic N) is 1. The van der Waals surface area contributed by atoms with Gasteiger partial charge >= 0.3 is 0 Å². The van der Waals surface area contributed by atoms with Crippen LogP contribution in [0.5, 0.6) is 11.5 Å². The maximum Gasteiger partial charge on any atom is 0.240 e. The van der Waals surface area contributed by atoms with Crippen molar-refractivity contribution in [3.05, 3.63) is 60.2 Å². The van der Waals surface area contributed by atoms with E-state index in [-0.39, 0.29) is 17.2 Å². The fourth-order valence-electron chi connectivity index (χ4n) is 4.53. The number of aromatic hydroxyl groups is 1. The number of methoxy groups -OCH3 is 1. The SMILES string of the molecule is COc1ccc(S(=O)(=O)NCC(C)(C)c2cccc3cc(O)ccc23)cc1N1CCCCC1. The molecule has 33 heavy (non-hydrogen) atoms. The maximum absolute atomic E-state index is 13.2. The maximum atomic E-state index is 13.2. The van der Waals surface area contributed by atoms with Crippen LogP contribution in [0.15, 0.2) is 59.5 Å². The number of hydrogen-bond donors (Lipinski definition) is 2. The summed E-state index contributed by atoms with van der Waals surface area (Å²) < 4.78 is 34.8. The summed E-state index contributed by atoms with van der Waals surface area (Å²) in [5.41, 5.74) is 1.38. The first-order valence-electron chi connectivity index (χ1n) is 11.4. The number of sulfonamides is 1. The Morgan fingerprint density at radius 2 is 1.79 bits per heavy atom. The van der Waals surface area contributed by atoms with Crippen LogP contribution in [0.3, 0.4) is 0 Å². The summed E-state index contributed by atoms with van der Waals surface area (Å²) in [5.74, 6) is 0.900. The Balaban J connectivity index is 1.59. The standard InChI is InChI=1S/C26H32N2O4S/c1-26(2,23-9-7-8-19-16-20(29)10-12-22(19)23)18-27-33(30,31)21-11-13-25(32-3)24(17-21)28-14-5-4-6-15-28/h7-13,16-17,27,29H,4-6,14-15,18H2,1-3H3. The summed E-state index contributed by atoms with van der Waals surface area (Å²) >= 11 is 0. The summed E-state index contributed by atoms with van der Waals surface area (Å²) in [6, 6.07) is 16.2. The zero-order valence-electron chi connectivity index (χ0n) is 19.5. The molecule has 0 atom stereocenters. The van der Waals surface area contributed by atoms with Gasteiger partial charge in [-0.1, -0.05) is 38.1 Å². The van der Waals surface area contributed by atoms with Crippen LogP contribution in [0.4, 0.5) is 5.69 Å². The third-order valence-corrected chi connectivity index (χ3v) is 7.85. The van der Waals surface area contributed by atoms with Crippen LogP contribution in [-0.2, 0) is 15.4 Å². The average molecular weight is 469 g/mol. The van der Waals surface area contributed by atoms with Crippen molar-refractivity contribution < 1.29 is 18.3 Å². The molecule has 7 heteroatoms. The van der Waals surface area contributed by atoms with E-state index in [4.69, 9.17) is 4.74 Å². The van der Waals surface area contributed by atoms with Crippen molar-refractivity contribution in [2.75, 3.05) is 31.6 Å². The van der Waals surface area contributed by atoms with E-state index in [0.29, 0.717) is 5.75 Å². The lowest BCUT2D eigenvalue weighted by Crippen LogP contribution is -2.37. The Hall–Kier alpha value is -2.77. The van der Waals surface area contributed by atoms with Crippen LogP contribution in [0.1, 0.15) is 38.7 Å². The third kappa shape index (κ3) is 4.94. The number of phenolic OH excluding ortho intramolecular Hbond substituents is 1. The molecule has 1 fully saturated rings. The molecular weight excluding hydrogens is 436 g/mol. The van der Waals surface area contributed by atoms with E-state index in [1.54, 1.807) is 37.4 Å². The zero-order valence-corrected chi connectivity index (χ0v) is 20.3. The highest BCUT2D eigenvalue weighted by Crippen LogP contribution is 2.34. The lowest BCUT2D eigenvalue weighted by atomic mass is 9.82. The number of phenols is 1. The van der Waals surface area contributed by atoms with Gasteiger partial charge in [0.15, 0.2) is 0 Å². The van der Waals surface area contributed by atoms with Crippen molar-refractivity contribution in [1.29, 1.82) is 0 Å². The minimum Gasteiger partial charge on any atom is -0.508 e. The van der Waals surface area contributed by atoms with Crippen LogP contribution in [-0.4, -0.2) is 40.3 Å². The molecule has 0 bridgehead atoms. The number of piperidine rings is 1. The topological polar surface area (TPSA) is 78.9 Å². The average Bonchev–Trinajstić information content (AvgIpc) is 2.82. The van der Waals surface area contributed by atoms with Crippen molar-refractivity contribution in [3.8, 4) is 11.5 Å². The normalized spacial score (nSPS) is 15.1. The molecule has 1 aliphatic heterocycles. The van der Waals surface area contributed by atoms with Crippen LogP contribution in [0.2, 0.25) is 0 Å². The van der Waals surface area contributed by atoms with Gasteiger partial charge in [-0.25, -0.2) is 13.1 Å². The van der Waals surface area contributed by atoms with E-state index < -0.39 is 15.4 Å². The zero-order chi connectivity index (χ0) is 23.6. The molecule has 0 amide bonds. The van der Waals surface area contributed by atoms with Crippen LogP contribution in [0, 0.1) is 0 Å². The Bertz CT molecular complexity index is 1250. The van der Waals surface area contributed by atoms with Crippen LogP contribution < -0.4 is 14.4 Å². The lowest BCUT2D eigenvalue weighted by Gasteiger charge is -2.30. The molecule has 0 aromatic heterocycles. The number of benzene rings is 3. The van der Waals surface area contributed by atoms with Crippen molar-refractivity contribution in [1.82, 2.24) is 4.72 Å². The predicted octanol–water partition coefficient (Wildman–Crippen LogP) is 4.80. The molecule has 0 unspecified atom stereocenters. The number of ether oxygens (including phenoxy) is 1. The van der Waals surface area contributed by atoms with Gasteiger partial charge in [-0.15, -0.1) is 0 Å². The van der Waals surface area contributed by atoms with Crippen molar-refractivity contribution in [2.45, 2.75) is 43.4 Å². The largest absolute Gasteiger partial charge is 0.508 e. The molecule has 4 rings (SSSR count). The highest BCUT2D eigenvalue weighted by molar-refractivity contribution is 7.89. The lowest BCUT2D eigenvalue weighted by molar-refractivity contribution is 0.412. The van der Waals surface area contributed by atoms with Crippen molar-refractivity contribution in [3.63, 3.8) is 0 Å². The second-order valence-corrected chi connectivity index (χ2v) is 11.1. The molecule has 1 heterocycles. The minimum atomic E-state index is -3.72. The van der Waals surface area contributed by atoms with E-state index in [1.807, 2.05) is 38.1 Å².